The fourth-order valence-corrected chi connectivity index (χ4v) is 2.62. The summed E-state index contributed by atoms with van der Waals surface area (Å²) >= 11 is 10.1. The molecular formula is C6H7Br3N2. The van der Waals surface area contributed by atoms with Crippen LogP contribution in [0, 0.1) is 0 Å². The van der Waals surface area contributed by atoms with Gasteiger partial charge >= 0.3 is 0 Å². The van der Waals surface area contributed by atoms with Crippen LogP contribution >= 0.6 is 47.8 Å². The van der Waals surface area contributed by atoms with Crippen molar-refractivity contribution in [1.29, 1.82) is 0 Å². The molecule has 0 aromatic carbocycles. The molecule has 1 heterocycles. The highest BCUT2D eigenvalue weighted by Crippen LogP contribution is 2.26. The Morgan fingerprint density at radius 1 is 1.36 bits per heavy atom. The van der Waals surface area contributed by atoms with Crippen LogP contribution in [0.1, 0.15) is 13.3 Å². The molecule has 0 bridgehead atoms. The minimum absolute atomic E-state index is 0.845. The summed E-state index contributed by atoms with van der Waals surface area (Å²) in [6.07, 6.45) is 1.10. The first-order valence-corrected chi connectivity index (χ1v) is 5.61. The van der Waals surface area contributed by atoms with Crippen molar-refractivity contribution in [3.63, 3.8) is 0 Å². The molecule has 62 valence electrons. The highest BCUT2D eigenvalue weighted by Gasteiger charge is 2.09. The van der Waals surface area contributed by atoms with Gasteiger partial charge in [-0.3, -0.25) is 0 Å². The van der Waals surface area contributed by atoms with Gasteiger partial charge in [-0.1, -0.05) is 6.92 Å². The number of halogens is 3. The summed E-state index contributed by atoms with van der Waals surface area (Å²) in [5.74, 6) is 0. The average molecular weight is 347 g/mol. The molecule has 11 heavy (non-hydrogen) atoms. The maximum absolute atomic E-state index is 4.18. The van der Waals surface area contributed by atoms with Crippen LogP contribution in [0.25, 0.3) is 0 Å². The van der Waals surface area contributed by atoms with Crippen LogP contribution in [0.4, 0.5) is 0 Å². The first-order chi connectivity index (χ1) is 5.16. The fraction of sp³-hybridized carbons (Fsp3) is 0.500. The van der Waals surface area contributed by atoms with Gasteiger partial charge < -0.3 is 4.57 Å². The van der Waals surface area contributed by atoms with Crippen molar-refractivity contribution in [2.75, 3.05) is 0 Å². The van der Waals surface area contributed by atoms with Crippen molar-refractivity contribution in [1.82, 2.24) is 9.55 Å². The van der Waals surface area contributed by atoms with Gasteiger partial charge in [0.25, 0.3) is 0 Å². The van der Waals surface area contributed by atoms with Gasteiger partial charge in [0.05, 0.1) is 0 Å². The lowest BCUT2D eigenvalue weighted by atomic mass is 10.5. The second-order valence-electron chi connectivity index (χ2n) is 2.11. The van der Waals surface area contributed by atoms with Gasteiger partial charge in [0.1, 0.15) is 9.21 Å². The predicted octanol–water partition coefficient (Wildman–Crippen LogP) is 3.58. The van der Waals surface area contributed by atoms with E-state index in [1.807, 2.05) is 0 Å². The van der Waals surface area contributed by atoms with E-state index in [0.29, 0.717) is 0 Å². The minimum atomic E-state index is 0.845. The molecule has 0 aliphatic rings. The average Bonchev–Trinajstić information content (AvgIpc) is 2.17. The molecule has 0 unspecified atom stereocenters. The number of hydrogen-bond acceptors (Lipinski definition) is 1. The standard InChI is InChI=1S/C6H7Br3N2/c1-2-3-11-5(8)4(7)10-6(11)9/h2-3H2,1H3. The van der Waals surface area contributed by atoms with Gasteiger partial charge in [0, 0.05) is 6.54 Å². The normalized spacial score (nSPS) is 10.5. The van der Waals surface area contributed by atoms with E-state index in [4.69, 9.17) is 0 Å². The third-order valence-corrected chi connectivity index (χ3v) is 3.76. The van der Waals surface area contributed by atoms with Crippen LogP contribution in [0.3, 0.4) is 0 Å². The molecule has 0 spiro atoms. The monoisotopic (exact) mass is 344 g/mol. The summed E-state index contributed by atoms with van der Waals surface area (Å²) in [5.41, 5.74) is 0. The highest BCUT2D eigenvalue weighted by molar-refractivity contribution is 9.13. The molecule has 0 aliphatic carbocycles. The highest BCUT2D eigenvalue weighted by atomic mass is 79.9. The Morgan fingerprint density at radius 3 is 2.36 bits per heavy atom. The zero-order valence-corrected chi connectivity index (χ0v) is 10.7. The first-order valence-electron chi connectivity index (χ1n) is 3.23. The third kappa shape index (κ3) is 2.06. The van der Waals surface area contributed by atoms with Gasteiger partial charge in [-0.15, -0.1) is 0 Å². The van der Waals surface area contributed by atoms with Gasteiger partial charge in [0.15, 0.2) is 4.73 Å². The Kier molecular flexibility index (Phi) is 3.58. The second kappa shape index (κ2) is 4.05. The van der Waals surface area contributed by atoms with Gasteiger partial charge in [-0.25, -0.2) is 4.98 Å². The van der Waals surface area contributed by atoms with Crippen LogP contribution in [-0.2, 0) is 6.54 Å². The summed E-state index contributed by atoms with van der Waals surface area (Å²) in [6.45, 7) is 3.10. The zero-order chi connectivity index (χ0) is 8.43. The van der Waals surface area contributed by atoms with E-state index in [9.17, 15) is 0 Å². The van der Waals surface area contributed by atoms with E-state index < -0.39 is 0 Å². The molecule has 0 radical (unpaired) electrons. The zero-order valence-electron chi connectivity index (χ0n) is 5.94. The third-order valence-electron chi connectivity index (χ3n) is 1.27. The smallest absolute Gasteiger partial charge is 0.179 e. The van der Waals surface area contributed by atoms with E-state index in [1.165, 1.54) is 0 Å². The predicted molar refractivity (Wildman–Crippen MR) is 55.6 cm³/mol. The molecule has 0 atom stereocenters. The Bertz CT molecular complexity index is 257. The molecular weight excluding hydrogens is 340 g/mol. The molecule has 0 fully saturated rings. The van der Waals surface area contributed by atoms with Gasteiger partial charge in [-0.2, -0.15) is 0 Å². The van der Waals surface area contributed by atoms with Crippen molar-refractivity contribution in [2.24, 2.45) is 0 Å². The topological polar surface area (TPSA) is 17.8 Å². The second-order valence-corrected chi connectivity index (χ2v) is 4.33. The van der Waals surface area contributed by atoms with Crippen molar-refractivity contribution < 1.29 is 0 Å². The number of imidazole rings is 1. The Balaban J connectivity index is 3.02. The van der Waals surface area contributed by atoms with Crippen LogP contribution in [0.5, 0.6) is 0 Å². The maximum Gasteiger partial charge on any atom is 0.179 e. The molecule has 2 nitrogen and oxygen atoms in total. The van der Waals surface area contributed by atoms with E-state index >= 15 is 0 Å². The Labute approximate surface area is 90.8 Å². The number of rotatable bonds is 2. The fourth-order valence-electron chi connectivity index (χ4n) is 0.794. The van der Waals surface area contributed by atoms with E-state index in [2.05, 4.69) is 64.3 Å². The molecule has 0 aliphatic heterocycles. The van der Waals surface area contributed by atoms with Crippen LogP contribution in [-0.4, -0.2) is 9.55 Å². The Hall–Kier alpha value is 0.650. The lowest BCUT2D eigenvalue weighted by Crippen LogP contribution is -1.96. The van der Waals surface area contributed by atoms with Crippen molar-refractivity contribution in [2.45, 2.75) is 19.9 Å². The summed E-state index contributed by atoms with van der Waals surface area (Å²) in [6, 6.07) is 0. The number of hydrogen-bond donors (Lipinski definition) is 0. The van der Waals surface area contributed by atoms with E-state index in [-0.39, 0.29) is 0 Å². The summed E-state index contributed by atoms with van der Waals surface area (Å²) in [5, 5.41) is 0. The van der Waals surface area contributed by atoms with Crippen LogP contribution in [0.15, 0.2) is 13.9 Å². The summed E-state index contributed by atoms with van der Waals surface area (Å²) in [4.78, 5) is 4.18. The van der Waals surface area contributed by atoms with E-state index in [1.54, 1.807) is 0 Å². The number of nitrogens with zero attached hydrogens (tertiary/aromatic N) is 2. The Morgan fingerprint density at radius 2 is 2.00 bits per heavy atom. The molecule has 0 saturated carbocycles. The molecule has 1 aromatic heterocycles. The molecule has 1 aromatic rings. The van der Waals surface area contributed by atoms with E-state index in [0.717, 1.165) is 26.9 Å². The lowest BCUT2D eigenvalue weighted by Gasteiger charge is -2.01. The van der Waals surface area contributed by atoms with Crippen LogP contribution in [0.2, 0.25) is 0 Å². The lowest BCUT2D eigenvalue weighted by molar-refractivity contribution is 0.652. The first kappa shape index (κ1) is 9.74. The molecule has 0 N–H and O–H groups in total. The van der Waals surface area contributed by atoms with Crippen molar-refractivity contribution >= 4 is 47.8 Å². The molecule has 0 amide bonds. The maximum atomic E-state index is 4.18. The quantitative estimate of drug-likeness (QED) is 0.800. The SMILES string of the molecule is CCCn1c(Br)nc(Br)c1Br. The van der Waals surface area contributed by atoms with Gasteiger partial charge in [0.2, 0.25) is 0 Å². The van der Waals surface area contributed by atoms with Crippen molar-refractivity contribution in [3.8, 4) is 0 Å². The van der Waals surface area contributed by atoms with Gasteiger partial charge in [-0.05, 0) is 54.2 Å². The largest absolute Gasteiger partial charge is 0.312 e. The van der Waals surface area contributed by atoms with Crippen molar-refractivity contribution in [3.05, 3.63) is 13.9 Å². The number of aromatic nitrogens is 2. The summed E-state index contributed by atoms with van der Waals surface area (Å²) < 4.78 is 4.76. The minimum Gasteiger partial charge on any atom is -0.312 e. The molecule has 5 heteroatoms. The summed E-state index contributed by atoms with van der Waals surface area (Å²) in [7, 11) is 0. The molecule has 1 rings (SSSR count). The van der Waals surface area contributed by atoms with Crippen LogP contribution < -0.4 is 0 Å². The molecule has 0 saturated heterocycles.